The number of hydrogen-bond acceptors (Lipinski definition) is 8. The summed E-state index contributed by atoms with van der Waals surface area (Å²) in [5.74, 6) is -3.52. The lowest BCUT2D eigenvalue weighted by molar-refractivity contribution is -0.142. The lowest BCUT2D eigenvalue weighted by atomic mass is 9.84. The third-order valence-electron chi connectivity index (χ3n) is 10.5. The second-order valence-electron chi connectivity index (χ2n) is 14.6. The minimum Gasteiger partial charge on any atom is -0.484 e. The SMILES string of the molecule is O=C(COc1ccc([C@@H]2[C@@H](SC[C@H](O)c3ccc(F)cc3)C(=O)N2c2ccc(F)cc2)cc1)NCC(=O)N[C@H](CC1CCCCC1)C(=O)N[C@@H](C(=O)O)c1ccccc1. The summed E-state index contributed by atoms with van der Waals surface area (Å²) >= 11 is 1.25. The highest BCUT2D eigenvalue weighted by Crippen LogP contribution is 2.46. The van der Waals surface area contributed by atoms with Crippen LogP contribution in [-0.2, 0) is 24.0 Å². The number of nitrogens with zero attached hydrogens (tertiary/aromatic N) is 1. The molecular formula is C44H46F2N4O8S. The molecule has 2 fully saturated rings. The van der Waals surface area contributed by atoms with Gasteiger partial charge in [0.15, 0.2) is 12.6 Å². The van der Waals surface area contributed by atoms with Gasteiger partial charge in [-0.3, -0.25) is 19.2 Å². The summed E-state index contributed by atoms with van der Waals surface area (Å²) < 4.78 is 32.8. The summed E-state index contributed by atoms with van der Waals surface area (Å²) in [6.07, 6.45) is 4.28. The highest BCUT2D eigenvalue weighted by Gasteiger charge is 2.49. The van der Waals surface area contributed by atoms with E-state index in [-0.39, 0.29) is 17.6 Å². The molecule has 310 valence electrons. The number of nitrogens with one attached hydrogen (secondary N) is 3. The number of carboxylic acid groups (broad SMARTS) is 1. The molecule has 5 N–H and O–H groups in total. The molecule has 0 spiro atoms. The number of halogens is 2. The Bertz CT molecular complexity index is 2070. The molecule has 59 heavy (non-hydrogen) atoms. The molecule has 4 aromatic carbocycles. The van der Waals surface area contributed by atoms with Crippen molar-refractivity contribution in [2.75, 3.05) is 23.8 Å². The standard InChI is InChI=1S/C44H46F2N4O8S/c45-31-15-11-28(12-16-31)36(51)26-59-41-40(50(43(41)55)33-19-17-32(46)18-20-33)30-13-21-34(22-14-30)58-25-38(53)47-24-37(52)48-35(23-27-7-3-1-4-8-27)42(54)49-39(44(56)57)29-9-5-2-6-10-29/h2,5-6,9-22,27,35-36,39-41,51H,1,3-4,7-8,23-26H2,(H,47,53)(H,48,52)(H,49,54)(H,56,57)/t35-,36+,39-,40-,41-/m1/s1. The number of anilines is 1. The van der Waals surface area contributed by atoms with Gasteiger partial charge in [-0.1, -0.05) is 86.7 Å². The summed E-state index contributed by atoms with van der Waals surface area (Å²) in [7, 11) is 0. The summed E-state index contributed by atoms with van der Waals surface area (Å²) in [5.41, 5.74) is 2.12. The number of thioether (sulfide) groups is 1. The minimum absolute atomic E-state index is 0.165. The van der Waals surface area contributed by atoms with Crippen molar-refractivity contribution >= 4 is 47.0 Å². The molecule has 12 nitrogen and oxygen atoms in total. The summed E-state index contributed by atoms with van der Waals surface area (Å²) in [5, 5.41) is 27.7. The van der Waals surface area contributed by atoms with Crippen LogP contribution in [0, 0.1) is 17.6 Å². The van der Waals surface area contributed by atoms with Crippen LogP contribution in [0.2, 0.25) is 0 Å². The molecule has 4 aromatic rings. The zero-order valence-electron chi connectivity index (χ0n) is 32.1. The van der Waals surface area contributed by atoms with Gasteiger partial charge in [-0.2, -0.15) is 0 Å². The van der Waals surface area contributed by atoms with Crippen molar-refractivity contribution in [1.29, 1.82) is 0 Å². The van der Waals surface area contributed by atoms with E-state index in [9.17, 15) is 43.0 Å². The van der Waals surface area contributed by atoms with E-state index < -0.39 is 78.0 Å². The van der Waals surface area contributed by atoms with E-state index >= 15 is 0 Å². The van der Waals surface area contributed by atoms with Crippen molar-refractivity contribution in [3.63, 3.8) is 0 Å². The quantitative estimate of drug-likeness (QED) is 0.0780. The molecule has 0 bridgehead atoms. The van der Waals surface area contributed by atoms with Crippen LogP contribution in [0.25, 0.3) is 0 Å². The van der Waals surface area contributed by atoms with Gasteiger partial charge in [0.2, 0.25) is 17.7 Å². The number of aliphatic carboxylic acids is 1. The third-order valence-corrected chi connectivity index (χ3v) is 11.8. The zero-order valence-corrected chi connectivity index (χ0v) is 32.9. The first-order valence-electron chi connectivity index (χ1n) is 19.5. The number of amides is 4. The summed E-state index contributed by atoms with van der Waals surface area (Å²) in [6.45, 7) is -0.875. The second kappa shape index (κ2) is 20.3. The van der Waals surface area contributed by atoms with Crippen LogP contribution in [0.3, 0.4) is 0 Å². The van der Waals surface area contributed by atoms with Crippen LogP contribution >= 0.6 is 11.8 Å². The first-order valence-corrected chi connectivity index (χ1v) is 20.5. The Balaban J connectivity index is 1.03. The second-order valence-corrected chi connectivity index (χ2v) is 15.8. The normalized spacial score (nSPS) is 18.2. The maximum Gasteiger partial charge on any atom is 0.330 e. The maximum atomic E-state index is 13.7. The fraction of sp³-hybridized carbons (Fsp3) is 0.341. The molecule has 0 unspecified atom stereocenters. The molecule has 1 heterocycles. The number of ether oxygens (including phenoxy) is 1. The number of β-lactam (4-membered cyclic amide) rings is 1. The van der Waals surface area contributed by atoms with E-state index in [1.165, 1.54) is 60.3 Å². The fourth-order valence-electron chi connectivity index (χ4n) is 7.36. The molecule has 1 aliphatic heterocycles. The summed E-state index contributed by atoms with van der Waals surface area (Å²) in [4.78, 5) is 66.2. The molecule has 1 aliphatic carbocycles. The van der Waals surface area contributed by atoms with Crippen molar-refractivity contribution in [1.82, 2.24) is 16.0 Å². The number of carboxylic acids is 1. The number of carbonyl (C=O) groups is 5. The van der Waals surface area contributed by atoms with E-state index in [2.05, 4.69) is 16.0 Å². The highest BCUT2D eigenvalue weighted by molar-refractivity contribution is 8.00. The van der Waals surface area contributed by atoms with Crippen LogP contribution in [0.15, 0.2) is 103 Å². The van der Waals surface area contributed by atoms with Crippen molar-refractivity contribution in [2.45, 2.75) is 68.0 Å². The van der Waals surface area contributed by atoms with Crippen molar-refractivity contribution in [2.24, 2.45) is 5.92 Å². The van der Waals surface area contributed by atoms with Gasteiger partial charge in [-0.05, 0) is 77.6 Å². The van der Waals surface area contributed by atoms with Gasteiger partial charge in [0.25, 0.3) is 5.91 Å². The van der Waals surface area contributed by atoms with Crippen molar-refractivity contribution < 1.29 is 47.7 Å². The smallest absolute Gasteiger partial charge is 0.330 e. The van der Waals surface area contributed by atoms with Gasteiger partial charge in [0.05, 0.1) is 18.7 Å². The van der Waals surface area contributed by atoms with Crippen molar-refractivity contribution in [3.8, 4) is 5.75 Å². The largest absolute Gasteiger partial charge is 0.484 e. The van der Waals surface area contributed by atoms with Gasteiger partial charge in [-0.25, -0.2) is 13.6 Å². The van der Waals surface area contributed by atoms with Gasteiger partial charge in [0.1, 0.15) is 28.7 Å². The lowest BCUT2D eigenvalue weighted by Crippen LogP contribution is -2.57. The van der Waals surface area contributed by atoms with Crippen LogP contribution in [0.1, 0.15) is 73.4 Å². The molecular weight excluding hydrogens is 783 g/mol. The Morgan fingerprint density at radius 2 is 1.44 bits per heavy atom. The molecule has 15 heteroatoms. The molecule has 6 rings (SSSR count). The van der Waals surface area contributed by atoms with Crippen LogP contribution in [0.5, 0.6) is 5.75 Å². The van der Waals surface area contributed by atoms with Crippen LogP contribution < -0.4 is 25.6 Å². The topological polar surface area (TPSA) is 174 Å². The Hall–Kier alpha value is -5.80. The third kappa shape index (κ3) is 11.4. The minimum atomic E-state index is -1.31. The predicted molar refractivity (Wildman–Crippen MR) is 217 cm³/mol. The number of rotatable bonds is 18. The Kier molecular flexibility index (Phi) is 14.7. The summed E-state index contributed by atoms with van der Waals surface area (Å²) in [6, 6.07) is 23.3. The van der Waals surface area contributed by atoms with E-state index in [1.807, 2.05) is 0 Å². The number of carbonyl (C=O) groups excluding carboxylic acids is 4. The predicted octanol–water partition coefficient (Wildman–Crippen LogP) is 5.78. The maximum absolute atomic E-state index is 13.7. The molecule has 1 saturated heterocycles. The van der Waals surface area contributed by atoms with Crippen LogP contribution in [-0.4, -0.2) is 70.0 Å². The zero-order chi connectivity index (χ0) is 41.9. The van der Waals surface area contributed by atoms with Gasteiger partial charge in [0, 0.05) is 11.4 Å². The van der Waals surface area contributed by atoms with Gasteiger partial charge >= 0.3 is 5.97 Å². The van der Waals surface area contributed by atoms with E-state index in [0.29, 0.717) is 29.0 Å². The molecule has 1 saturated carbocycles. The van der Waals surface area contributed by atoms with Crippen LogP contribution in [0.4, 0.5) is 14.5 Å². The monoisotopic (exact) mass is 828 g/mol. The number of aliphatic hydroxyl groups is 1. The van der Waals surface area contributed by atoms with E-state index in [1.54, 1.807) is 59.5 Å². The highest BCUT2D eigenvalue weighted by atomic mass is 32.2. The Morgan fingerprint density at radius 3 is 2.08 bits per heavy atom. The first-order chi connectivity index (χ1) is 28.5. The Labute approximate surface area is 344 Å². The molecule has 2 aliphatic rings. The Morgan fingerprint density at radius 1 is 0.797 bits per heavy atom. The van der Waals surface area contributed by atoms with E-state index in [4.69, 9.17) is 4.74 Å². The first kappa shape index (κ1) is 42.8. The molecule has 0 radical (unpaired) electrons. The molecule has 0 aromatic heterocycles. The van der Waals surface area contributed by atoms with Gasteiger partial charge in [-0.15, -0.1) is 11.8 Å². The number of benzene rings is 4. The number of hydrogen-bond donors (Lipinski definition) is 5. The van der Waals surface area contributed by atoms with Gasteiger partial charge < -0.3 is 35.8 Å². The molecule has 5 atom stereocenters. The average Bonchev–Trinajstić information content (AvgIpc) is 3.24. The van der Waals surface area contributed by atoms with Crippen molar-refractivity contribution in [3.05, 3.63) is 131 Å². The average molecular weight is 829 g/mol. The number of aliphatic hydroxyl groups excluding tert-OH is 1. The molecule has 4 amide bonds. The lowest BCUT2D eigenvalue weighted by Gasteiger charge is -2.47. The van der Waals surface area contributed by atoms with E-state index in [0.717, 1.165) is 37.7 Å². The fourth-order valence-corrected chi connectivity index (χ4v) is 8.66.